The van der Waals surface area contributed by atoms with Gasteiger partial charge < -0.3 is 15.8 Å². The summed E-state index contributed by atoms with van der Waals surface area (Å²) in [5.41, 5.74) is 6.46. The maximum absolute atomic E-state index is 13.9. The minimum absolute atomic E-state index is 0.0372. The van der Waals surface area contributed by atoms with Crippen molar-refractivity contribution in [3.8, 4) is 5.75 Å². The zero-order chi connectivity index (χ0) is 15.1. The summed E-state index contributed by atoms with van der Waals surface area (Å²) in [7, 11) is 0. The van der Waals surface area contributed by atoms with E-state index in [-0.39, 0.29) is 17.7 Å². The van der Waals surface area contributed by atoms with E-state index in [2.05, 4.69) is 11.9 Å². The van der Waals surface area contributed by atoms with Crippen molar-refractivity contribution >= 4 is 5.91 Å². The van der Waals surface area contributed by atoms with Gasteiger partial charge in [-0.3, -0.25) is 4.79 Å². The van der Waals surface area contributed by atoms with E-state index in [1.807, 2.05) is 6.92 Å². The van der Waals surface area contributed by atoms with Gasteiger partial charge in [-0.2, -0.15) is 0 Å². The molecular formula is C15H21FN2O2. The summed E-state index contributed by atoms with van der Waals surface area (Å²) in [6.07, 6.45) is 1.38. The molecule has 0 radical (unpaired) electrons. The van der Waals surface area contributed by atoms with Crippen LogP contribution in [0.3, 0.4) is 0 Å². The molecule has 110 valence electrons. The number of amides is 1. The lowest BCUT2D eigenvalue weighted by Gasteiger charge is -2.15. The predicted molar refractivity (Wildman–Crippen MR) is 77.1 cm³/mol. The maximum Gasteiger partial charge on any atom is 0.261 e. The number of hydrogen-bond acceptors (Lipinski definition) is 3. The Morgan fingerprint density at radius 3 is 2.80 bits per heavy atom. The predicted octanol–water partition coefficient (Wildman–Crippen LogP) is 1.78. The molecule has 2 unspecified atom stereocenters. The SMILES string of the molecule is C=CCNC(=O)C(C)Oc1ccc(CC(C)N)cc1F. The Morgan fingerprint density at radius 2 is 2.25 bits per heavy atom. The van der Waals surface area contributed by atoms with Crippen molar-refractivity contribution in [2.24, 2.45) is 5.73 Å². The van der Waals surface area contributed by atoms with E-state index in [1.54, 1.807) is 19.1 Å². The van der Waals surface area contributed by atoms with E-state index in [4.69, 9.17) is 10.5 Å². The average molecular weight is 280 g/mol. The first-order valence-corrected chi connectivity index (χ1v) is 6.53. The van der Waals surface area contributed by atoms with Crippen LogP contribution in [0.1, 0.15) is 19.4 Å². The lowest BCUT2D eigenvalue weighted by Crippen LogP contribution is -2.36. The summed E-state index contributed by atoms with van der Waals surface area (Å²) < 4.78 is 19.2. The summed E-state index contributed by atoms with van der Waals surface area (Å²) in [4.78, 5) is 11.6. The largest absolute Gasteiger partial charge is 0.478 e. The van der Waals surface area contributed by atoms with E-state index in [0.717, 1.165) is 5.56 Å². The Morgan fingerprint density at radius 1 is 1.55 bits per heavy atom. The second kappa shape index (κ2) is 7.65. The smallest absolute Gasteiger partial charge is 0.261 e. The Kier molecular flexibility index (Phi) is 6.18. The number of carbonyl (C=O) groups is 1. The third-order valence-corrected chi connectivity index (χ3v) is 2.65. The fourth-order valence-corrected chi connectivity index (χ4v) is 1.70. The molecule has 0 heterocycles. The molecule has 0 aromatic heterocycles. The summed E-state index contributed by atoms with van der Waals surface area (Å²) in [5, 5.41) is 2.59. The third-order valence-electron chi connectivity index (χ3n) is 2.65. The van der Waals surface area contributed by atoms with Crippen LogP contribution in [0, 0.1) is 5.82 Å². The molecule has 3 N–H and O–H groups in total. The molecule has 0 fully saturated rings. The van der Waals surface area contributed by atoms with E-state index >= 15 is 0 Å². The van der Waals surface area contributed by atoms with E-state index in [0.29, 0.717) is 13.0 Å². The first-order chi connectivity index (χ1) is 9.43. The van der Waals surface area contributed by atoms with Gasteiger partial charge in [0.05, 0.1) is 0 Å². The van der Waals surface area contributed by atoms with E-state index in [9.17, 15) is 9.18 Å². The summed E-state index contributed by atoms with van der Waals surface area (Å²) >= 11 is 0. The number of benzene rings is 1. The third kappa shape index (κ3) is 5.01. The van der Waals surface area contributed by atoms with Crippen molar-refractivity contribution < 1.29 is 13.9 Å². The first-order valence-electron chi connectivity index (χ1n) is 6.53. The normalized spacial score (nSPS) is 13.4. The van der Waals surface area contributed by atoms with Crippen LogP contribution in [0.4, 0.5) is 4.39 Å². The molecule has 0 aliphatic heterocycles. The lowest BCUT2D eigenvalue weighted by atomic mass is 10.1. The van der Waals surface area contributed by atoms with Gasteiger partial charge in [0, 0.05) is 12.6 Å². The van der Waals surface area contributed by atoms with Gasteiger partial charge in [0.2, 0.25) is 0 Å². The molecule has 0 saturated heterocycles. The van der Waals surface area contributed by atoms with Gasteiger partial charge in [-0.05, 0) is 38.0 Å². The van der Waals surface area contributed by atoms with E-state index < -0.39 is 11.9 Å². The quantitative estimate of drug-likeness (QED) is 0.748. The summed E-state index contributed by atoms with van der Waals surface area (Å²) in [5.74, 6) is -0.754. The molecule has 1 amide bonds. The van der Waals surface area contributed by atoms with Crippen LogP contribution in [0.25, 0.3) is 0 Å². The lowest BCUT2D eigenvalue weighted by molar-refractivity contribution is -0.127. The Balaban J connectivity index is 2.68. The number of halogens is 1. The highest BCUT2D eigenvalue weighted by atomic mass is 19.1. The van der Waals surface area contributed by atoms with Crippen molar-refractivity contribution in [3.05, 3.63) is 42.2 Å². The van der Waals surface area contributed by atoms with Gasteiger partial charge in [-0.1, -0.05) is 12.1 Å². The number of rotatable bonds is 7. The second-order valence-corrected chi connectivity index (χ2v) is 4.74. The highest BCUT2D eigenvalue weighted by molar-refractivity contribution is 5.80. The first kappa shape index (κ1) is 16.2. The maximum atomic E-state index is 13.9. The number of nitrogens with one attached hydrogen (secondary N) is 1. The van der Waals surface area contributed by atoms with Crippen LogP contribution in [-0.4, -0.2) is 24.6 Å². The Bertz CT molecular complexity index is 475. The molecule has 0 aliphatic rings. The van der Waals surface area contributed by atoms with E-state index in [1.165, 1.54) is 12.1 Å². The van der Waals surface area contributed by atoms with Crippen LogP contribution in [0.15, 0.2) is 30.9 Å². The summed E-state index contributed by atoms with van der Waals surface area (Å²) in [6.45, 7) is 7.27. The molecule has 20 heavy (non-hydrogen) atoms. The number of nitrogens with two attached hydrogens (primary N) is 1. The van der Waals surface area contributed by atoms with Crippen LogP contribution < -0.4 is 15.8 Å². The molecule has 0 saturated carbocycles. The number of hydrogen-bond donors (Lipinski definition) is 2. The van der Waals surface area contributed by atoms with Gasteiger partial charge in [0.15, 0.2) is 17.7 Å². The van der Waals surface area contributed by atoms with Crippen molar-refractivity contribution in [2.45, 2.75) is 32.4 Å². The summed E-state index contributed by atoms with van der Waals surface area (Å²) in [6, 6.07) is 4.61. The highest BCUT2D eigenvalue weighted by Crippen LogP contribution is 2.20. The van der Waals surface area contributed by atoms with Crippen LogP contribution in [0.2, 0.25) is 0 Å². The number of ether oxygens (including phenoxy) is 1. The van der Waals surface area contributed by atoms with Gasteiger partial charge in [0.1, 0.15) is 0 Å². The van der Waals surface area contributed by atoms with Gasteiger partial charge >= 0.3 is 0 Å². The van der Waals surface area contributed by atoms with Crippen LogP contribution >= 0.6 is 0 Å². The second-order valence-electron chi connectivity index (χ2n) is 4.74. The molecule has 5 heteroatoms. The van der Waals surface area contributed by atoms with Gasteiger partial charge in [-0.25, -0.2) is 4.39 Å². The average Bonchev–Trinajstić information content (AvgIpc) is 2.38. The highest BCUT2D eigenvalue weighted by Gasteiger charge is 2.16. The molecule has 0 aliphatic carbocycles. The molecule has 2 atom stereocenters. The molecule has 4 nitrogen and oxygen atoms in total. The monoisotopic (exact) mass is 280 g/mol. The van der Waals surface area contributed by atoms with Crippen molar-refractivity contribution in [1.29, 1.82) is 0 Å². The zero-order valence-corrected chi connectivity index (χ0v) is 11.9. The van der Waals surface area contributed by atoms with Gasteiger partial charge in [-0.15, -0.1) is 6.58 Å². The Labute approximate surface area is 118 Å². The standard InChI is InChI=1S/C15H21FN2O2/c1-4-7-18-15(19)11(3)20-14-6-5-12(8-10(2)17)9-13(14)16/h4-6,9-11H,1,7-8,17H2,2-3H3,(H,18,19). The molecule has 1 aromatic rings. The molecule has 0 spiro atoms. The van der Waals surface area contributed by atoms with Crippen molar-refractivity contribution in [1.82, 2.24) is 5.32 Å². The molecular weight excluding hydrogens is 259 g/mol. The number of carbonyl (C=O) groups excluding carboxylic acids is 1. The van der Waals surface area contributed by atoms with Crippen LogP contribution in [-0.2, 0) is 11.2 Å². The minimum atomic E-state index is -0.774. The molecule has 0 bridgehead atoms. The Hall–Kier alpha value is -1.88. The minimum Gasteiger partial charge on any atom is -0.478 e. The van der Waals surface area contributed by atoms with Crippen molar-refractivity contribution in [3.63, 3.8) is 0 Å². The fraction of sp³-hybridized carbons (Fsp3) is 0.400. The van der Waals surface area contributed by atoms with Crippen LogP contribution in [0.5, 0.6) is 5.75 Å². The van der Waals surface area contributed by atoms with Crippen molar-refractivity contribution in [2.75, 3.05) is 6.54 Å². The molecule has 1 rings (SSSR count). The molecule has 1 aromatic carbocycles. The fourth-order valence-electron chi connectivity index (χ4n) is 1.70. The zero-order valence-electron chi connectivity index (χ0n) is 11.9. The topological polar surface area (TPSA) is 64.3 Å². The van der Waals surface area contributed by atoms with Gasteiger partial charge in [0.25, 0.3) is 5.91 Å².